The van der Waals surface area contributed by atoms with Crippen molar-refractivity contribution in [2.45, 2.75) is 51.0 Å². The van der Waals surface area contributed by atoms with Gasteiger partial charge in [-0.2, -0.15) is 0 Å². The van der Waals surface area contributed by atoms with Gasteiger partial charge in [-0.1, -0.05) is 12.1 Å². The number of benzene rings is 1. The quantitative estimate of drug-likeness (QED) is 0.907. The van der Waals surface area contributed by atoms with Crippen LogP contribution >= 0.6 is 0 Å². The zero-order valence-corrected chi connectivity index (χ0v) is 13.5. The summed E-state index contributed by atoms with van der Waals surface area (Å²) in [4.78, 5) is 25.0. The van der Waals surface area contributed by atoms with Crippen molar-refractivity contribution in [1.82, 2.24) is 4.90 Å². The molecule has 6 heteroatoms. The number of aromatic carboxylic acids is 1. The number of carbonyl (C=O) groups is 2. The van der Waals surface area contributed by atoms with E-state index in [4.69, 9.17) is 14.6 Å². The number of hydrogen-bond donors (Lipinski definition) is 1. The Hall–Kier alpha value is -2.08. The molecule has 0 aliphatic carbocycles. The molecule has 1 aromatic rings. The summed E-state index contributed by atoms with van der Waals surface area (Å²) in [6, 6.07) is 6.56. The van der Waals surface area contributed by atoms with Gasteiger partial charge in [0.25, 0.3) is 0 Å². The molecule has 3 rings (SSSR count). The van der Waals surface area contributed by atoms with Gasteiger partial charge >= 0.3 is 12.1 Å². The predicted molar refractivity (Wildman–Crippen MR) is 82.4 cm³/mol. The maximum atomic E-state index is 12.3. The molecule has 2 fully saturated rings. The van der Waals surface area contributed by atoms with Crippen molar-refractivity contribution in [2.24, 2.45) is 0 Å². The number of amides is 1. The molecule has 0 aromatic heterocycles. The van der Waals surface area contributed by atoms with Gasteiger partial charge in [-0.05, 0) is 44.9 Å². The summed E-state index contributed by atoms with van der Waals surface area (Å²) in [5.41, 5.74) is 0.593. The molecule has 3 unspecified atom stereocenters. The Morgan fingerprint density at radius 2 is 1.91 bits per heavy atom. The molecule has 2 aliphatic rings. The minimum absolute atomic E-state index is 0.0108. The Bertz CT molecular complexity index is 619. The number of morpholine rings is 1. The van der Waals surface area contributed by atoms with Crippen LogP contribution in [0.15, 0.2) is 24.3 Å². The molecule has 2 saturated heterocycles. The first kappa shape index (κ1) is 15.8. The van der Waals surface area contributed by atoms with Crippen molar-refractivity contribution >= 4 is 12.1 Å². The fraction of sp³-hybridized carbons (Fsp3) is 0.529. The normalized spacial score (nSPS) is 26.4. The summed E-state index contributed by atoms with van der Waals surface area (Å²) >= 11 is 0. The van der Waals surface area contributed by atoms with Gasteiger partial charge in [-0.15, -0.1) is 0 Å². The van der Waals surface area contributed by atoms with E-state index < -0.39 is 11.6 Å². The fourth-order valence-electron chi connectivity index (χ4n) is 3.16. The predicted octanol–water partition coefficient (Wildman–Crippen LogP) is 2.83. The van der Waals surface area contributed by atoms with E-state index in [1.807, 2.05) is 20.8 Å². The number of nitrogens with zero attached hydrogens (tertiary/aromatic N) is 1. The minimum atomic E-state index is -0.958. The summed E-state index contributed by atoms with van der Waals surface area (Å²) in [6.07, 6.45) is 0.242. The second kappa shape index (κ2) is 5.53. The molecule has 124 valence electrons. The van der Waals surface area contributed by atoms with E-state index in [1.165, 1.54) is 0 Å². The lowest BCUT2D eigenvalue weighted by Crippen LogP contribution is -2.45. The van der Waals surface area contributed by atoms with E-state index in [2.05, 4.69) is 0 Å². The van der Waals surface area contributed by atoms with E-state index in [1.54, 1.807) is 29.2 Å². The number of carbonyl (C=O) groups excluding carboxylic acids is 1. The average Bonchev–Trinajstić information content (AvgIpc) is 3.05. The van der Waals surface area contributed by atoms with Crippen LogP contribution in [-0.4, -0.2) is 46.4 Å². The van der Waals surface area contributed by atoms with Crippen molar-refractivity contribution in [3.8, 4) is 0 Å². The lowest BCUT2D eigenvalue weighted by molar-refractivity contribution is -0.0467. The van der Waals surface area contributed by atoms with Crippen LogP contribution in [0.5, 0.6) is 0 Å². The molecule has 3 atom stereocenters. The molecule has 6 nitrogen and oxygen atoms in total. The topological polar surface area (TPSA) is 76.1 Å². The molecule has 0 radical (unpaired) electrons. The molecular weight excluding hydrogens is 298 g/mol. The number of hydrogen-bond acceptors (Lipinski definition) is 4. The van der Waals surface area contributed by atoms with Gasteiger partial charge in [0.2, 0.25) is 0 Å². The number of rotatable bonds is 2. The molecule has 1 amide bonds. The average molecular weight is 319 g/mol. The maximum Gasteiger partial charge on any atom is 0.410 e. The SMILES string of the molecule is CC(C)(C)OC(=O)N1CC2CC1C(c1ccc(C(=O)O)cc1)O2. The van der Waals surface area contributed by atoms with Gasteiger partial charge < -0.3 is 14.6 Å². The lowest BCUT2D eigenvalue weighted by Gasteiger charge is -2.34. The molecular formula is C17H21NO5. The third-order valence-electron chi connectivity index (χ3n) is 4.11. The Morgan fingerprint density at radius 1 is 1.26 bits per heavy atom. The van der Waals surface area contributed by atoms with Crippen LogP contribution in [0.2, 0.25) is 0 Å². The zero-order valence-electron chi connectivity index (χ0n) is 13.5. The van der Waals surface area contributed by atoms with Crippen LogP contribution in [0.1, 0.15) is 49.2 Å². The van der Waals surface area contributed by atoms with E-state index in [9.17, 15) is 9.59 Å². The van der Waals surface area contributed by atoms with Crippen molar-refractivity contribution in [3.05, 3.63) is 35.4 Å². The van der Waals surface area contributed by atoms with E-state index in [0.29, 0.717) is 6.54 Å². The lowest BCUT2D eigenvalue weighted by atomic mass is 10.0. The largest absolute Gasteiger partial charge is 0.478 e. The molecule has 0 spiro atoms. The van der Waals surface area contributed by atoms with Crippen molar-refractivity contribution in [1.29, 1.82) is 0 Å². The summed E-state index contributed by atoms with van der Waals surface area (Å²) in [5.74, 6) is -0.958. The van der Waals surface area contributed by atoms with E-state index >= 15 is 0 Å². The summed E-state index contributed by atoms with van der Waals surface area (Å²) in [6.45, 7) is 6.08. The highest BCUT2D eigenvalue weighted by molar-refractivity contribution is 5.87. The second-order valence-electron chi connectivity index (χ2n) is 7.04. The molecule has 1 N–H and O–H groups in total. The van der Waals surface area contributed by atoms with E-state index in [-0.39, 0.29) is 29.9 Å². The van der Waals surface area contributed by atoms with Gasteiger partial charge in [0, 0.05) is 0 Å². The molecule has 1 aromatic carbocycles. The second-order valence-corrected chi connectivity index (χ2v) is 7.04. The molecule has 2 bridgehead atoms. The van der Waals surface area contributed by atoms with Crippen LogP contribution in [0.25, 0.3) is 0 Å². The van der Waals surface area contributed by atoms with Crippen LogP contribution < -0.4 is 0 Å². The third-order valence-corrected chi connectivity index (χ3v) is 4.11. The van der Waals surface area contributed by atoms with Gasteiger partial charge in [-0.3, -0.25) is 4.90 Å². The number of carboxylic acid groups (broad SMARTS) is 1. The standard InChI is InChI=1S/C17H21NO5/c1-17(2,3)23-16(21)18-9-12-8-13(18)14(22-12)10-4-6-11(7-5-10)15(19)20/h4-7,12-14H,8-9H2,1-3H3,(H,19,20). The maximum absolute atomic E-state index is 12.3. The van der Waals surface area contributed by atoms with Crippen molar-refractivity contribution in [3.63, 3.8) is 0 Å². The zero-order chi connectivity index (χ0) is 16.8. The smallest absolute Gasteiger partial charge is 0.410 e. The number of likely N-dealkylation sites (tertiary alicyclic amines) is 1. The first-order chi connectivity index (χ1) is 10.7. The van der Waals surface area contributed by atoms with Crippen molar-refractivity contribution in [2.75, 3.05) is 6.54 Å². The Labute approximate surface area is 135 Å². The Kier molecular flexibility index (Phi) is 3.80. The number of fused-ring (bicyclic) bond motifs is 2. The summed E-state index contributed by atoms with van der Waals surface area (Å²) < 4.78 is 11.4. The van der Waals surface area contributed by atoms with Crippen LogP contribution in [0.3, 0.4) is 0 Å². The van der Waals surface area contributed by atoms with Gasteiger partial charge in [0.15, 0.2) is 0 Å². The number of carboxylic acids is 1. The highest BCUT2D eigenvalue weighted by atomic mass is 16.6. The number of ether oxygens (including phenoxy) is 2. The molecule has 2 heterocycles. The highest BCUT2D eigenvalue weighted by Crippen LogP contribution is 2.42. The summed E-state index contributed by atoms with van der Waals surface area (Å²) in [7, 11) is 0. The fourth-order valence-corrected chi connectivity index (χ4v) is 3.16. The first-order valence-corrected chi connectivity index (χ1v) is 7.73. The minimum Gasteiger partial charge on any atom is -0.478 e. The Morgan fingerprint density at radius 3 is 2.43 bits per heavy atom. The van der Waals surface area contributed by atoms with Gasteiger partial charge in [-0.25, -0.2) is 9.59 Å². The van der Waals surface area contributed by atoms with Crippen LogP contribution in [0.4, 0.5) is 4.79 Å². The third kappa shape index (κ3) is 3.17. The Balaban J connectivity index is 1.75. The van der Waals surface area contributed by atoms with Crippen molar-refractivity contribution < 1.29 is 24.2 Å². The summed E-state index contributed by atoms with van der Waals surface area (Å²) in [5, 5.41) is 8.97. The monoisotopic (exact) mass is 319 g/mol. The van der Waals surface area contributed by atoms with Crippen LogP contribution in [0, 0.1) is 0 Å². The highest BCUT2D eigenvalue weighted by Gasteiger charge is 2.49. The van der Waals surface area contributed by atoms with Gasteiger partial charge in [0.1, 0.15) is 11.7 Å². The molecule has 23 heavy (non-hydrogen) atoms. The van der Waals surface area contributed by atoms with E-state index in [0.717, 1.165) is 12.0 Å². The molecule has 0 saturated carbocycles. The first-order valence-electron chi connectivity index (χ1n) is 7.73. The van der Waals surface area contributed by atoms with Crippen LogP contribution in [-0.2, 0) is 9.47 Å². The molecule has 2 aliphatic heterocycles. The van der Waals surface area contributed by atoms with Gasteiger partial charge in [0.05, 0.1) is 24.3 Å².